The Kier molecular flexibility index (Phi) is 2.32. The van der Waals surface area contributed by atoms with Crippen LogP contribution in [0.15, 0.2) is 11.1 Å². The van der Waals surface area contributed by atoms with Crippen LogP contribution in [0.3, 0.4) is 0 Å². The van der Waals surface area contributed by atoms with Gasteiger partial charge in [-0.05, 0) is 55.6 Å². The number of hydrogen-bond donors (Lipinski definition) is 0. The first kappa shape index (κ1) is 11.5. The summed E-state index contributed by atoms with van der Waals surface area (Å²) in [5.41, 5.74) is 2.36. The van der Waals surface area contributed by atoms with Gasteiger partial charge in [0.15, 0.2) is 5.78 Å². The third-order valence-electron chi connectivity index (χ3n) is 5.49. The van der Waals surface area contributed by atoms with Gasteiger partial charge in [-0.2, -0.15) is 0 Å². The lowest BCUT2D eigenvalue weighted by Crippen LogP contribution is -2.28. The van der Waals surface area contributed by atoms with Crippen LogP contribution in [0.2, 0.25) is 0 Å². The standard InChI is InChI=1S/C15H22O2/c1-8-5-6-9(2)15(4)14(17-15)13-10(3)12(16)7-11(8)13/h8-9,11,14H,5-7H2,1-4H3. The summed E-state index contributed by atoms with van der Waals surface area (Å²) in [5, 5.41) is 0. The molecule has 0 aromatic heterocycles. The van der Waals surface area contributed by atoms with E-state index < -0.39 is 0 Å². The Bertz CT molecular complexity index is 409. The molecule has 0 N–H and O–H groups in total. The normalized spacial score (nSPS) is 49.5. The van der Waals surface area contributed by atoms with Gasteiger partial charge in [0.05, 0.1) is 5.60 Å². The van der Waals surface area contributed by atoms with Crippen molar-refractivity contribution in [2.24, 2.45) is 17.8 Å². The fourth-order valence-corrected chi connectivity index (χ4v) is 3.77. The highest BCUT2D eigenvalue weighted by atomic mass is 16.6. The Hall–Kier alpha value is -0.630. The number of rotatable bonds is 0. The molecule has 0 aromatic carbocycles. The molecule has 1 heterocycles. The van der Waals surface area contributed by atoms with Gasteiger partial charge in [0.25, 0.3) is 0 Å². The van der Waals surface area contributed by atoms with Crippen LogP contribution in [0, 0.1) is 17.8 Å². The lowest BCUT2D eigenvalue weighted by atomic mass is 9.74. The van der Waals surface area contributed by atoms with Crippen LogP contribution in [-0.2, 0) is 9.53 Å². The predicted molar refractivity (Wildman–Crippen MR) is 66.7 cm³/mol. The maximum Gasteiger partial charge on any atom is 0.159 e. The molecule has 5 atom stereocenters. The van der Waals surface area contributed by atoms with E-state index in [9.17, 15) is 4.79 Å². The van der Waals surface area contributed by atoms with Crippen molar-refractivity contribution in [3.8, 4) is 0 Å². The second-order valence-corrected chi connectivity index (χ2v) is 6.45. The third-order valence-corrected chi connectivity index (χ3v) is 5.49. The molecular formula is C15H22O2. The zero-order valence-electron chi connectivity index (χ0n) is 11.2. The molecule has 2 nitrogen and oxygen atoms in total. The van der Waals surface area contributed by atoms with Crippen LogP contribution in [0.4, 0.5) is 0 Å². The molecule has 0 bridgehead atoms. The van der Waals surface area contributed by atoms with E-state index in [0.717, 1.165) is 12.0 Å². The minimum atomic E-state index is 0.0135. The van der Waals surface area contributed by atoms with Gasteiger partial charge in [-0.3, -0.25) is 4.79 Å². The van der Waals surface area contributed by atoms with Crippen LogP contribution >= 0.6 is 0 Å². The highest BCUT2D eigenvalue weighted by molar-refractivity contribution is 5.99. The third kappa shape index (κ3) is 1.46. The number of ether oxygens (including phenoxy) is 1. The van der Waals surface area contributed by atoms with Crippen molar-refractivity contribution in [1.82, 2.24) is 0 Å². The van der Waals surface area contributed by atoms with Crippen LogP contribution < -0.4 is 0 Å². The minimum absolute atomic E-state index is 0.0135. The first-order valence-electron chi connectivity index (χ1n) is 6.86. The maximum atomic E-state index is 11.9. The summed E-state index contributed by atoms with van der Waals surface area (Å²) in [7, 11) is 0. The lowest BCUT2D eigenvalue weighted by Gasteiger charge is -2.28. The van der Waals surface area contributed by atoms with Crippen LogP contribution in [0.25, 0.3) is 0 Å². The Labute approximate surface area is 103 Å². The number of ketones is 1. The smallest absolute Gasteiger partial charge is 0.159 e. The number of hydrogen-bond acceptors (Lipinski definition) is 2. The molecule has 3 rings (SSSR count). The van der Waals surface area contributed by atoms with Crippen molar-refractivity contribution in [1.29, 1.82) is 0 Å². The second kappa shape index (κ2) is 3.44. The van der Waals surface area contributed by atoms with Crippen molar-refractivity contribution in [3.63, 3.8) is 0 Å². The molecule has 2 aliphatic carbocycles. The van der Waals surface area contributed by atoms with Gasteiger partial charge in [0.1, 0.15) is 6.10 Å². The quantitative estimate of drug-likeness (QED) is 0.603. The van der Waals surface area contributed by atoms with Gasteiger partial charge in [0, 0.05) is 6.42 Å². The summed E-state index contributed by atoms with van der Waals surface area (Å²) in [6, 6.07) is 0. The molecule has 2 fully saturated rings. The molecule has 0 amide bonds. The number of Topliss-reactive ketones (excluding diaryl/α,β-unsaturated/α-hetero) is 1. The lowest BCUT2D eigenvalue weighted by molar-refractivity contribution is -0.115. The van der Waals surface area contributed by atoms with Crippen molar-refractivity contribution in [2.45, 2.75) is 58.7 Å². The SMILES string of the molecule is CC1=C2C(CC1=O)C(C)CCC(C)C1(C)OC21. The fraction of sp³-hybridized carbons (Fsp3) is 0.800. The van der Waals surface area contributed by atoms with Crippen LogP contribution in [-0.4, -0.2) is 17.5 Å². The molecule has 0 spiro atoms. The molecule has 1 aliphatic heterocycles. The van der Waals surface area contributed by atoms with E-state index in [1.54, 1.807) is 0 Å². The molecule has 5 unspecified atom stereocenters. The second-order valence-electron chi connectivity index (χ2n) is 6.45. The Balaban J connectivity index is 2.01. The van der Waals surface area contributed by atoms with Crippen molar-refractivity contribution in [2.75, 3.05) is 0 Å². The topological polar surface area (TPSA) is 29.6 Å². The van der Waals surface area contributed by atoms with E-state index >= 15 is 0 Å². The first-order chi connectivity index (χ1) is 7.95. The van der Waals surface area contributed by atoms with Gasteiger partial charge in [0.2, 0.25) is 0 Å². The van der Waals surface area contributed by atoms with Gasteiger partial charge in [-0.15, -0.1) is 0 Å². The summed E-state index contributed by atoms with van der Waals surface area (Å²) in [6.07, 6.45) is 3.41. The number of epoxide rings is 1. The summed E-state index contributed by atoms with van der Waals surface area (Å²) in [4.78, 5) is 11.9. The maximum absolute atomic E-state index is 11.9. The zero-order chi connectivity index (χ0) is 12.4. The minimum Gasteiger partial charge on any atom is -0.361 e. The molecule has 2 heteroatoms. The zero-order valence-corrected chi connectivity index (χ0v) is 11.2. The first-order valence-corrected chi connectivity index (χ1v) is 6.86. The number of allylic oxidation sites excluding steroid dienone is 1. The van der Waals surface area contributed by atoms with E-state index in [0.29, 0.717) is 23.5 Å². The van der Waals surface area contributed by atoms with E-state index in [2.05, 4.69) is 20.8 Å². The summed E-state index contributed by atoms with van der Waals surface area (Å²) in [6.45, 7) is 8.81. The Morgan fingerprint density at radius 2 is 2.00 bits per heavy atom. The Morgan fingerprint density at radius 1 is 1.29 bits per heavy atom. The largest absolute Gasteiger partial charge is 0.361 e. The highest BCUT2D eigenvalue weighted by Crippen LogP contribution is 2.56. The fourth-order valence-electron chi connectivity index (χ4n) is 3.77. The van der Waals surface area contributed by atoms with E-state index in [1.165, 1.54) is 18.4 Å². The molecule has 1 saturated carbocycles. The summed E-state index contributed by atoms with van der Waals surface area (Å²) >= 11 is 0. The summed E-state index contributed by atoms with van der Waals surface area (Å²) < 4.78 is 6.01. The average molecular weight is 234 g/mol. The highest BCUT2D eigenvalue weighted by Gasteiger charge is 2.61. The number of carbonyl (C=O) groups excluding carboxylic acids is 1. The Morgan fingerprint density at radius 3 is 2.71 bits per heavy atom. The van der Waals surface area contributed by atoms with E-state index in [4.69, 9.17) is 4.74 Å². The predicted octanol–water partition coefficient (Wildman–Crippen LogP) is 3.12. The molecule has 94 valence electrons. The van der Waals surface area contributed by atoms with E-state index in [-0.39, 0.29) is 11.7 Å². The molecule has 17 heavy (non-hydrogen) atoms. The van der Waals surface area contributed by atoms with Crippen molar-refractivity contribution in [3.05, 3.63) is 11.1 Å². The molecular weight excluding hydrogens is 212 g/mol. The van der Waals surface area contributed by atoms with Crippen molar-refractivity contribution >= 4 is 5.78 Å². The molecule has 3 aliphatic rings. The van der Waals surface area contributed by atoms with Gasteiger partial charge < -0.3 is 4.74 Å². The van der Waals surface area contributed by atoms with Gasteiger partial charge in [-0.25, -0.2) is 0 Å². The molecule has 1 saturated heterocycles. The van der Waals surface area contributed by atoms with E-state index in [1.807, 2.05) is 6.92 Å². The van der Waals surface area contributed by atoms with Crippen molar-refractivity contribution < 1.29 is 9.53 Å². The average Bonchev–Trinajstić information content (AvgIpc) is 2.87. The summed E-state index contributed by atoms with van der Waals surface area (Å²) in [5.74, 6) is 2.04. The molecule has 0 radical (unpaired) electrons. The van der Waals surface area contributed by atoms with Gasteiger partial charge >= 0.3 is 0 Å². The monoisotopic (exact) mass is 234 g/mol. The van der Waals surface area contributed by atoms with Crippen LogP contribution in [0.5, 0.6) is 0 Å². The molecule has 0 aromatic rings. The van der Waals surface area contributed by atoms with Gasteiger partial charge in [-0.1, -0.05) is 13.8 Å². The number of fused-ring (bicyclic) bond motifs is 3. The van der Waals surface area contributed by atoms with Crippen LogP contribution in [0.1, 0.15) is 47.0 Å². The number of carbonyl (C=O) groups is 1.